The van der Waals surface area contributed by atoms with Crippen LogP contribution in [0, 0.1) is 16.0 Å². The molecule has 0 bridgehead atoms. The predicted octanol–water partition coefficient (Wildman–Crippen LogP) is 2.70. The monoisotopic (exact) mass is 291 g/mol. The number of hydrogen-bond donors (Lipinski definition) is 2. The molecular weight excluding hydrogens is 274 g/mol. The molecule has 21 heavy (non-hydrogen) atoms. The van der Waals surface area contributed by atoms with Gasteiger partial charge in [0.1, 0.15) is 0 Å². The number of aliphatic hydroxyl groups excluding tert-OH is 1. The van der Waals surface area contributed by atoms with E-state index < -0.39 is 4.92 Å². The van der Waals surface area contributed by atoms with Crippen LogP contribution in [0.3, 0.4) is 0 Å². The summed E-state index contributed by atoms with van der Waals surface area (Å²) in [5.74, 6) is 0.170. The summed E-state index contributed by atoms with van der Waals surface area (Å²) in [7, 11) is 0. The molecule has 2 N–H and O–H groups in total. The summed E-state index contributed by atoms with van der Waals surface area (Å²) in [6.07, 6.45) is 3.67. The summed E-state index contributed by atoms with van der Waals surface area (Å²) < 4.78 is 5.48. The number of fused-ring (bicyclic) bond motifs is 1. The third kappa shape index (κ3) is 2.82. The van der Waals surface area contributed by atoms with Gasteiger partial charge in [-0.1, -0.05) is 18.9 Å². The van der Waals surface area contributed by atoms with Crippen molar-refractivity contribution >= 4 is 22.8 Å². The molecule has 1 aromatic carbocycles. The number of nitrogens with one attached hydrogen (secondary N) is 1. The molecule has 2 aromatic rings. The Balaban J connectivity index is 1.75. The summed E-state index contributed by atoms with van der Waals surface area (Å²) in [5, 5.41) is 23.9. The van der Waals surface area contributed by atoms with Crippen LogP contribution in [-0.4, -0.2) is 27.7 Å². The molecule has 3 rings (SSSR count). The highest BCUT2D eigenvalue weighted by Gasteiger charge is 2.24. The van der Waals surface area contributed by atoms with Gasteiger partial charge in [-0.15, -0.1) is 0 Å². The number of benzene rings is 1. The molecule has 7 heteroatoms. The fourth-order valence-corrected chi connectivity index (χ4v) is 2.80. The Labute approximate surface area is 121 Å². The molecule has 2 unspecified atom stereocenters. The van der Waals surface area contributed by atoms with Crippen molar-refractivity contribution in [2.45, 2.75) is 31.8 Å². The summed E-state index contributed by atoms with van der Waals surface area (Å²) in [4.78, 5) is 14.6. The van der Waals surface area contributed by atoms with Crippen LogP contribution in [0.25, 0.3) is 11.1 Å². The fraction of sp³-hybridized carbons (Fsp3) is 0.500. The lowest BCUT2D eigenvalue weighted by molar-refractivity contribution is -0.383. The molecule has 0 radical (unpaired) electrons. The highest BCUT2D eigenvalue weighted by molar-refractivity contribution is 5.83. The number of oxazole rings is 1. The quantitative estimate of drug-likeness (QED) is 0.663. The van der Waals surface area contributed by atoms with Gasteiger partial charge in [-0.2, -0.15) is 4.98 Å². The second kappa shape index (κ2) is 5.69. The average molecular weight is 291 g/mol. The number of nitro groups is 1. The van der Waals surface area contributed by atoms with Gasteiger partial charge < -0.3 is 14.8 Å². The molecule has 1 saturated carbocycles. The number of aromatic nitrogens is 1. The molecule has 0 amide bonds. The lowest BCUT2D eigenvalue weighted by Gasteiger charge is -2.27. The number of nitro benzene ring substituents is 1. The number of nitrogens with zero attached hydrogens (tertiary/aromatic N) is 2. The molecule has 2 atom stereocenters. The molecule has 1 aromatic heterocycles. The van der Waals surface area contributed by atoms with Gasteiger partial charge in [0, 0.05) is 18.5 Å². The van der Waals surface area contributed by atoms with E-state index in [2.05, 4.69) is 10.3 Å². The lowest BCUT2D eigenvalue weighted by atomic mass is 9.86. The highest BCUT2D eigenvalue weighted by atomic mass is 16.6. The Hall–Kier alpha value is -2.15. The molecule has 0 aliphatic heterocycles. The topological polar surface area (TPSA) is 101 Å². The zero-order valence-electron chi connectivity index (χ0n) is 11.5. The maximum absolute atomic E-state index is 10.9. The van der Waals surface area contributed by atoms with Crippen molar-refractivity contribution in [3.63, 3.8) is 0 Å². The van der Waals surface area contributed by atoms with E-state index in [0.717, 1.165) is 25.7 Å². The SMILES string of the molecule is O=[N+]([O-])c1cccc2oc(NCC3CCCCC3O)nc12. The Kier molecular flexibility index (Phi) is 3.74. The van der Waals surface area contributed by atoms with Crippen molar-refractivity contribution in [3.8, 4) is 0 Å². The van der Waals surface area contributed by atoms with Gasteiger partial charge in [0.25, 0.3) is 11.7 Å². The minimum absolute atomic E-state index is 0.0676. The van der Waals surface area contributed by atoms with Gasteiger partial charge >= 0.3 is 0 Å². The van der Waals surface area contributed by atoms with Crippen molar-refractivity contribution in [2.24, 2.45) is 5.92 Å². The van der Waals surface area contributed by atoms with Crippen molar-refractivity contribution < 1.29 is 14.4 Å². The Morgan fingerprint density at radius 2 is 2.24 bits per heavy atom. The zero-order chi connectivity index (χ0) is 14.8. The van der Waals surface area contributed by atoms with Gasteiger partial charge in [0.15, 0.2) is 11.1 Å². The summed E-state index contributed by atoms with van der Waals surface area (Å²) in [6.45, 7) is 0.557. The minimum atomic E-state index is -0.473. The van der Waals surface area contributed by atoms with Crippen molar-refractivity contribution in [2.75, 3.05) is 11.9 Å². The number of rotatable bonds is 4. The van der Waals surface area contributed by atoms with E-state index >= 15 is 0 Å². The number of non-ortho nitro benzene ring substituents is 1. The van der Waals surface area contributed by atoms with Crippen LogP contribution in [0.4, 0.5) is 11.7 Å². The highest BCUT2D eigenvalue weighted by Crippen LogP contribution is 2.28. The summed E-state index contributed by atoms with van der Waals surface area (Å²) in [6, 6.07) is 4.88. The standard InChI is InChI=1S/C14H17N3O4/c18-11-6-2-1-4-9(11)8-15-14-16-13-10(17(19)20)5-3-7-12(13)21-14/h3,5,7,9,11,18H,1-2,4,6,8H2,(H,15,16). The van der Waals surface area contributed by atoms with Crippen LogP contribution in [0.5, 0.6) is 0 Å². The van der Waals surface area contributed by atoms with Gasteiger partial charge in [-0.05, 0) is 18.9 Å². The van der Waals surface area contributed by atoms with Crippen LogP contribution >= 0.6 is 0 Å². The Morgan fingerprint density at radius 1 is 1.43 bits per heavy atom. The van der Waals surface area contributed by atoms with Crippen molar-refractivity contribution in [3.05, 3.63) is 28.3 Å². The van der Waals surface area contributed by atoms with E-state index in [9.17, 15) is 15.2 Å². The first-order valence-electron chi connectivity index (χ1n) is 7.11. The van der Waals surface area contributed by atoms with E-state index in [0.29, 0.717) is 12.1 Å². The molecule has 0 saturated heterocycles. The molecule has 1 aliphatic rings. The minimum Gasteiger partial charge on any atom is -0.423 e. The van der Waals surface area contributed by atoms with Crippen LogP contribution in [0.15, 0.2) is 22.6 Å². The normalized spacial score (nSPS) is 22.3. The van der Waals surface area contributed by atoms with Crippen LogP contribution in [0.1, 0.15) is 25.7 Å². The van der Waals surface area contributed by atoms with Crippen molar-refractivity contribution in [1.82, 2.24) is 4.98 Å². The first-order chi connectivity index (χ1) is 10.1. The van der Waals surface area contributed by atoms with Crippen LogP contribution < -0.4 is 5.32 Å². The third-order valence-electron chi connectivity index (χ3n) is 3.98. The first-order valence-corrected chi connectivity index (χ1v) is 7.11. The van der Waals surface area contributed by atoms with E-state index in [1.807, 2.05) is 0 Å². The van der Waals surface area contributed by atoms with E-state index in [-0.39, 0.29) is 29.2 Å². The Bertz CT molecular complexity index is 655. The average Bonchev–Trinajstić information content (AvgIpc) is 2.88. The molecule has 1 fully saturated rings. The largest absolute Gasteiger partial charge is 0.423 e. The molecule has 0 spiro atoms. The van der Waals surface area contributed by atoms with E-state index in [1.165, 1.54) is 6.07 Å². The lowest BCUT2D eigenvalue weighted by Crippen LogP contribution is -2.30. The fourth-order valence-electron chi connectivity index (χ4n) is 2.80. The Morgan fingerprint density at radius 3 is 3.00 bits per heavy atom. The van der Waals surface area contributed by atoms with Gasteiger partial charge in [-0.3, -0.25) is 10.1 Å². The van der Waals surface area contributed by atoms with Crippen LogP contribution in [-0.2, 0) is 0 Å². The number of aliphatic hydroxyl groups is 1. The molecule has 112 valence electrons. The maximum Gasteiger partial charge on any atom is 0.298 e. The number of anilines is 1. The van der Waals surface area contributed by atoms with Gasteiger partial charge in [0.2, 0.25) is 0 Å². The van der Waals surface area contributed by atoms with Gasteiger partial charge in [-0.25, -0.2) is 0 Å². The third-order valence-corrected chi connectivity index (χ3v) is 3.98. The molecule has 1 aliphatic carbocycles. The number of para-hydroxylation sites is 1. The molecular formula is C14H17N3O4. The summed E-state index contributed by atoms with van der Waals surface area (Å²) in [5.41, 5.74) is 0.562. The van der Waals surface area contributed by atoms with Crippen LogP contribution in [0.2, 0.25) is 0 Å². The molecule has 7 nitrogen and oxygen atoms in total. The molecule has 1 heterocycles. The zero-order valence-corrected chi connectivity index (χ0v) is 11.5. The smallest absolute Gasteiger partial charge is 0.298 e. The first kappa shape index (κ1) is 13.8. The van der Waals surface area contributed by atoms with E-state index in [1.54, 1.807) is 12.1 Å². The van der Waals surface area contributed by atoms with E-state index in [4.69, 9.17) is 4.42 Å². The van der Waals surface area contributed by atoms with Crippen molar-refractivity contribution in [1.29, 1.82) is 0 Å². The number of hydrogen-bond acceptors (Lipinski definition) is 6. The van der Waals surface area contributed by atoms with Gasteiger partial charge in [0.05, 0.1) is 11.0 Å². The predicted molar refractivity (Wildman–Crippen MR) is 77.1 cm³/mol. The second-order valence-electron chi connectivity index (χ2n) is 5.39. The maximum atomic E-state index is 10.9. The summed E-state index contributed by atoms with van der Waals surface area (Å²) >= 11 is 0. The second-order valence-corrected chi connectivity index (χ2v) is 5.39.